The number of carbonyl (C=O) groups excluding carboxylic acids is 1. The summed E-state index contributed by atoms with van der Waals surface area (Å²) in [4.78, 5) is 21.3. The van der Waals surface area contributed by atoms with Crippen LogP contribution in [0, 0.1) is 5.82 Å². The van der Waals surface area contributed by atoms with Gasteiger partial charge in [-0.25, -0.2) is 4.39 Å². The predicted octanol–water partition coefficient (Wildman–Crippen LogP) is 5.60. The zero-order chi connectivity index (χ0) is 25.5. The van der Waals surface area contributed by atoms with Gasteiger partial charge in [0.1, 0.15) is 11.6 Å². The highest BCUT2D eigenvalue weighted by Crippen LogP contribution is 2.24. The van der Waals surface area contributed by atoms with Crippen LogP contribution in [0.3, 0.4) is 0 Å². The molecule has 1 aromatic heterocycles. The van der Waals surface area contributed by atoms with Crippen LogP contribution in [-0.2, 0) is 4.84 Å². The van der Waals surface area contributed by atoms with E-state index in [1.54, 1.807) is 19.1 Å². The number of halogens is 1. The quantitative estimate of drug-likeness (QED) is 0.230. The first kappa shape index (κ1) is 25.6. The molecule has 0 aliphatic heterocycles. The van der Waals surface area contributed by atoms with Crippen molar-refractivity contribution >= 4 is 11.6 Å². The van der Waals surface area contributed by atoms with E-state index < -0.39 is 17.8 Å². The van der Waals surface area contributed by atoms with Gasteiger partial charge in [0, 0.05) is 17.0 Å². The molecule has 0 fully saturated rings. The summed E-state index contributed by atoms with van der Waals surface area (Å²) in [5.74, 6) is 0.868. The van der Waals surface area contributed by atoms with Gasteiger partial charge in [-0.15, -0.1) is 0 Å². The average Bonchev–Trinajstić information content (AvgIpc) is 3.34. The van der Waals surface area contributed by atoms with Crippen molar-refractivity contribution in [1.82, 2.24) is 10.1 Å². The molecule has 1 unspecified atom stereocenters. The normalized spacial score (nSPS) is 13.1. The van der Waals surface area contributed by atoms with Crippen molar-refractivity contribution in [2.24, 2.45) is 10.9 Å². The second kappa shape index (κ2) is 11.4. The first-order chi connectivity index (χ1) is 16.7. The van der Waals surface area contributed by atoms with Crippen LogP contribution in [0.15, 0.2) is 64.0 Å². The Morgan fingerprint density at radius 2 is 1.94 bits per heavy atom. The van der Waals surface area contributed by atoms with Crippen molar-refractivity contribution in [2.75, 3.05) is 0 Å². The number of nitrogens with zero attached hydrogens (tertiary/aromatic N) is 3. The van der Waals surface area contributed by atoms with E-state index >= 15 is 0 Å². The fraction of sp³-hybridized carbons (Fsp3) is 0.308. The van der Waals surface area contributed by atoms with Crippen molar-refractivity contribution < 1.29 is 23.3 Å². The lowest BCUT2D eigenvalue weighted by Gasteiger charge is -2.19. The van der Waals surface area contributed by atoms with Crippen molar-refractivity contribution in [2.45, 2.75) is 53.1 Å². The molecule has 2 N–H and O–H groups in total. The maximum absolute atomic E-state index is 14.1. The smallest absolute Gasteiger partial charge is 0.251 e. The summed E-state index contributed by atoms with van der Waals surface area (Å²) >= 11 is 0. The number of amides is 1. The summed E-state index contributed by atoms with van der Waals surface area (Å²) < 4.78 is 25.5. The molecule has 0 radical (unpaired) electrons. The summed E-state index contributed by atoms with van der Waals surface area (Å²) in [6.07, 6.45) is 2.00. The maximum atomic E-state index is 14.1. The van der Waals surface area contributed by atoms with Crippen LogP contribution >= 0.6 is 0 Å². The molecule has 0 bridgehead atoms. The van der Waals surface area contributed by atoms with Gasteiger partial charge >= 0.3 is 0 Å². The molecule has 1 heterocycles. The number of benzene rings is 2. The molecule has 35 heavy (non-hydrogen) atoms. The van der Waals surface area contributed by atoms with E-state index in [9.17, 15) is 9.18 Å². The molecule has 8 nitrogen and oxygen atoms in total. The van der Waals surface area contributed by atoms with Crippen molar-refractivity contribution in [3.05, 3.63) is 77.1 Å². The largest absolute Gasteiger partial charge is 0.482 e. The van der Waals surface area contributed by atoms with Crippen LogP contribution in [0.4, 0.5) is 4.39 Å². The second-order valence-corrected chi connectivity index (χ2v) is 8.17. The number of primary amides is 1. The fourth-order valence-corrected chi connectivity index (χ4v) is 3.19. The lowest BCUT2D eigenvalue weighted by atomic mass is 10.1. The number of oxime groups is 1. The number of nitrogens with two attached hydrogens (primary N) is 1. The minimum absolute atomic E-state index is 0.156. The second-order valence-electron chi connectivity index (χ2n) is 8.17. The Morgan fingerprint density at radius 1 is 1.23 bits per heavy atom. The van der Waals surface area contributed by atoms with Crippen LogP contribution in [0.1, 0.15) is 68.8 Å². The zero-order valence-electron chi connectivity index (χ0n) is 20.4. The van der Waals surface area contributed by atoms with E-state index in [1.807, 2.05) is 52.0 Å². The van der Waals surface area contributed by atoms with Crippen molar-refractivity contribution in [3.63, 3.8) is 0 Å². The molecule has 2 aromatic carbocycles. The van der Waals surface area contributed by atoms with E-state index in [-0.39, 0.29) is 11.5 Å². The molecule has 0 aliphatic carbocycles. The molecule has 1 amide bonds. The third kappa shape index (κ3) is 6.32. The Bertz CT molecular complexity index is 1230. The molecular formula is C26H29FN4O4. The standard InChI is InChI=1S/C26H29FN4O4/c1-6-22(33-19-11-8-17(9-12-19)25-29-26(15(3)4)35-31-25)23(7-2)34-30-16(5)18-10-13-20(24(28)32)21(27)14-18/h7-15,22H,6H2,1-5H3,(H2,28,32)/b23-7?,30-16+. The highest BCUT2D eigenvalue weighted by Gasteiger charge is 2.18. The molecule has 9 heteroatoms. The summed E-state index contributed by atoms with van der Waals surface area (Å²) in [6, 6.07) is 11.5. The van der Waals surface area contributed by atoms with Gasteiger partial charge in [0.05, 0.1) is 11.3 Å². The Kier molecular flexibility index (Phi) is 8.35. The van der Waals surface area contributed by atoms with Crippen molar-refractivity contribution in [3.8, 4) is 17.1 Å². The number of hydrogen-bond donors (Lipinski definition) is 1. The lowest BCUT2D eigenvalue weighted by Crippen LogP contribution is -2.19. The minimum Gasteiger partial charge on any atom is -0.482 e. The summed E-state index contributed by atoms with van der Waals surface area (Å²) in [5, 5.41) is 8.14. The number of hydrogen-bond acceptors (Lipinski definition) is 7. The molecule has 1 atom stereocenters. The zero-order valence-corrected chi connectivity index (χ0v) is 20.4. The number of carbonyl (C=O) groups is 1. The average molecular weight is 481 g/mol. The van der Waals surface area contributed by atoms with Gasteiger partial charge in [-0.05, 0) is 62.7 Å². The number of aromatic nitrogens is 2. The summed E-state index contributed by atoms with van der Waals surface area (Å²) in [5.41, 5.74) is 6.69. The summed E-state index contributed by atoms with van der Waals surface area (Å²) in [6.45, 7) is 9.44. The molecule has 3 aromatic rings. The predicted molar refractivity (Wildman–Crippen MR) is 131 cm³/mol. The molecule has 184 valence electrons. The van der Waals surface area contributed by atoms with Gasteiger partial charge in [-0.2, -0.15) is 4.98 Å². The lowest BCUT2D eigenvalue weighted by molar-refractivity contribution is 0.0996. The van der Waals surface area contributed by atoms with Gasteiger partial charge in [0.2, 0.25) is 11.7 Å². The Morgan fingerprint density at radius 3 is 2.49 bits per heavy atom. The Hall–Kier alpha value is -4.01. The number of allylic oxidation sites excluding steroid dienone is 1. The van der Waals surface area contributed by atoms with E-state index in [0.717, 1.165) is 5.56 Å². The number of rotatable bonds is 10. The molecule has 0 aliphatic rings. The topological polar surface area (TPSA) is 113 Å². The van der Waals surface area contributed by atoms with Gasteiger partial charge < -0.3 is 19.8 Å². The van der Waals surface area contributed by atoms with E-state index in [1.165, 1.54) is 12.1 Å². The molecule has 0 saturated heterocycles. The molecular weight excluding hydrogens is 451 g/mol. The monoisotopic (exact) mass is 480 g/mol. The van der Waals surface area contributed by atoms with E-state index in [0.29, 0.717) is 40.9 Å². The third-order valence-electron chi connectivity index (χ3n) is 5.24. The molecule has 0 spiro atoms. The van der Waals surface area contributed by atoms with Gasteiger partial charge in [-0.1, -0.05) is 37.1 Å². The van der Waals surface area contributed by atoms with Crippen LogP contribution < -0.4 is 10.5 Å². The van der Waals surface area contributed by atoms with Crippen LogP contribution in [0.2, 0.25) is 0 Å². The van der Waals surface area contributed by atoms with E-state index in [2.05, 4.69) is 15.3 Å². The van der Waals surface area contributed by atoms with Crippen LogP contribution in [-0.4, -0.2) is 27.9 Å². The van der Waals surface area contributed by atoms with Gasteiger partial charge in [0.25, 0.3) is 5.91 Å². The Labute approximate surface area is 203 Å². The molecule has 0 saturated carbocycles. The fourth-order valence-electron chi connectivity index (χ4n) is 3.19. The van der Waals surface area contributed by atoms with Crippen LogP contribution in [0.5, 0.6) is 5.75 Å². The van der Waals surface area contributed by atoms with Crippen molar-refractivity contribution in [1.29, 1.82) is 0 Å². The first-order valence-electron chi connectivity index (χ1n) is 11.3. The van der Waals surface area contributed by atoms with E-state index in [4.69, 9.17) is 19.8 Å². The third-order valence-corrected chi connectivity index (χ3v) is 5.24. The maximum Gasteiger partial charge on any atom is 0.251 e. The van der Waals surface area contributed by atoms with Gasteiger partial charge in [-0.3, -0.25) is 4.79 Å². The Balaban J connectivity index is 1.69. The first-order valence-corrected chi connectivity index (χ1v) is 11.3. The highest BCUT2D eigenvalue weighted by molar-refractivity contribution is 6.00. The minimum atomic E-state index is -0.829. The molecule has 3 rings (SSSR count). The number of ether oxygens (including phenoxy) is 1. The SMILES string of the molecule is CC=C(O/N=C(\C)c1ccc(C(N)=O)c(F)c1)C(CC)Oc1ccc(-c2noc(C(C)C)n2)cc1. The van der Waals surface area contributed by atoms with Gasteiger partial charge in [0.15, 0.2) is 11.9 Å². The summed E-state index contributed by atoms with van der Waals surface area (Å²) in [7, 11) is 0. The van der Waals surface area contributed by atoms with Crippen LogP contribution in [0.25, 0.3) is 11.4 Å². The highest BCUT2D eigenvalue weighted by atomic mass is 19.1.